The molecule has 0 aromatic rings. The van der Waals surface area contributed by atoms with Gasteiger partial charge in [-0.3, -0.25) is 0 Å². The second kappa shape index (κ2) is 5.19. The van der Waals surface area contributed by atoms with Crippen LogP contribution in [0, 0.1) is 5.92 Å². The Hall–Kier alpha value is -1.00. The van der Waals surface area contributed by atoms with Crippen molar-refractivity contribution in [1.82, 2.24) is 0 Å². The van der Waals surface area contributed by atoms with Crippen LogP contribution in [-0.2, 0) is 0 Å². The second-order valence-electron chi connectivity index (χ2n) is 4.54. The summed E-state index contributed by atoms with van der Waals surface area (Å²) in [6.45, 7) is 3.72. The number of allylic oxidation sites excluding steroid dienone is 5. The van der Waals surface area contributed by atoms with Crippen LogP contribution in [0.25, 0.3) is 0 Å². The largest absolute Gasteiger partial charge is 0.132 e. The molecule has 15 heavy (non-hydrogen) atoms. The molecule has 2 aliphatic carbocycles. The van der Waals surface area contributed by atoms with E-state index >= 15 is 0 Å². The Morgan fingerprint density at radius 1 is 1.20 bits per heavy atom. The van der Waals surface area contributed by atoms with Crippen molar-refractivity contribution in [2.24, 2.45) is 5.92 Å². The van der Waals surface area contributed by atoms with Crippen LogP contribution in [0.3, 0.4) is 0 Å². The molecule has 0 aromatic heterocycles. The Bertz CT molecular complexity index is 324. The Kier molecular flexibility index (Phi) is 3.64. The summed E-state index contributed by atoms with van der Waals surface area (Å²) in [5, 5.41) is 0. The molecule has 0 amide bonds. The van der Waals surface area contributed by atoms with Crippen LogP contribution in [0.4, 0.5) is 0 Å². The van der Waals surface area contributed by atoms with Crippen molar-refractivity contribution in [3.05, 3.63) is 41.7 Å². The van der Waals surface area contributed by atoms with Crippen LogP contribution in [0.1, 0.15) is 44.9 Å². The highest BCUT2D eigenvalue weighted by molar-refractivity contribution is 5.37. The van der Waals surface area contributed by atoms with Gasteiger partial charge in [-0.25, -0.2) is 0 Å². The molecule has 1 saturated carbocycles. The standard InChI is InChI=1S/C15H20/c1-2-8-13-9-4-3-5-10-14-11-6-7-12-15(13)14/h8,11-13H,1,3-7,9-10H2. The fourth-order valence-electron chi connectivity index (χ4n) is 2.71. The zero-order chi connectivity index (χ0) is 10.5. The Morgan fingerprint density at radius 3 is 2.93 bits per heavy atom. The molecular weight excluding hydrogens is 180 g/mol. The van der Waals surface area contributed by atoms with Gasteiger partial charge in [0, 0.05) is 5.92 Å². The van der Waals surface area contributed by atoms with Gasteiger partial charge >= 0.3 is 0 Å². The maximum Gasteiger partial charge on any atom is 0.00930 e. The third-order valence-electron chi connectivity index (χ3n) is 3.47. The van der Waals surface area contributed by atoms with Gasteiger partial charge in [0.05, 0.1) is 0 Å². The predicted octanol–water partition coefficient (Wildman–Crippen LogP) is 4.55. The van der Waals surface area contributed by atoms with Crippen LogP contribution in [0.5, 0.6) is 0 Å². The average molecular weight is 200 g/mol. The first-order valence-corrected chi connectivity index (χ1v) is 6.17. The van der Waals surface area contributed by atoms with Crippen molar-refractivity contribution in [2.45, 2.75) is 44.9 Å². The summed E-state index contributed by atoms with van der Waals surface area (Å²) < 4.78 is 0. The molecule has 1 fully saturated rings. The van der Waals surface area contributed by atoms with Gasteiger partial charge < -0.3 is 0 Å². The summed E-state index contributed by atoms with van der Waals surface area (Å²) >= 11 is 0. The Labute approximate surface area is 93.1 Å². The summed E-state index contributed by atoms with van der Waals surface area (Å²) in [6, 6.07) is 0. The van der Waals surface area contributed by atoms with Gasteiger partial charge in [0.25, 0.3) is 0 Å². The maximum atomic E-state index is 3.72. The third kappa shape index (κ3) is 2.52. The predicted molar refractivity (Wildman–Crippen MR) is 65.7 cm³/mol. The van der Waals surface area contributed by atoms with Gasteiger partial charge in [-0.2, -0.15) is 0 Å². The zero-order valence-electron chi connectivity index (χ0n) is 9.47. The first-order chi connectivity index (χ1) is 7.42. The van der Waals surface area contributed by atoms with E-state index < -0.39 is 0 Å². The van der Waals surface area contributed by atoms with Crippen molar-refractivity contribution in [3.8, 4) is 0 Å². The molecule has 2 aliphatic rings. The maximum absolute atomic E-state index is 3.72. The number of rotatable bonds is 1. The minimum atomic E-state index is 0.592. The van der Waals surface area contributed by atoms with Crippen molar-refractivity contribution in [2.75, 3.05) is 0 Å². The fraction of sp³-hybridized carbons (Fsp3) is 0.533. The lowest BCUT2D eigenvalue weighted by Crippen LogP contribution is -2.09. The highest BCUT2D eigenvalue weighted by Gasteiger charge is 2.18. The summed E-state index contributed by atoms with van der Waals surface area (Å²) in [4.78, 5) is 0. The molecule has 0 saturated heterocycles. The molecule has 0 nitrogen and oxygen atoms in total. The SMILES string of the molecule is C=C=CC1CCCCCC2=CCCC=C21. The lowest BCUT2D eigenvalue weighted by Gasteiger charge is -2.25. The van der Waals surface area contributed by atoms with E-state index in [-0.39, 0.29) is 0 Å². The van der Waals surface area contributed by atoms with Crippen molar-refractivity contribution in [3.63, 3.8) is 0 Å². The summed E-state index contributed by atoms with van der Waals surface area (Å²) in [5.41, 5.74) is 6.16. The molecule has 80 valence electrons. The summed E-state index contributed by atoms with van der Waals surface area (Å²) in [5.74, 6) is 0.592. The van der Waals surface area contributed by atoms with Gasteiger partial charge in [0.2, 0.25) is 0 Å². The second-order valence-corrected chi connectivity index (χ2v) is 4.54. The highest BCUT2D eigenvalue weighted by atomic mass is 14.2. The molecule has 1 unspecified atom stereocenters. The molecule has 1 atom stereocenters. The van der Waals surface area contributed by atoms with E-state index in [1.807, 2.05) is 0 Å². The lowest BCUT2D eigenvalue weighted by atomic mass is 9.80. The van der Waals surface area contributed by atoms with Crippen LogP contribution < -0.4 is 0 Å². The topological polar surface area (TPSA) is 0 Å². The molecule has 0 spiro atoms. The first-order valence-electron chi connectivity index (χ1n) is 6.17. The fourth-order valence-corrected chi connectivity index (χ4v) is 2.71. The Morgan fingerprint density at radius 2 is 2.07 bits per heavy atom. The molecule has 0 N–H and O–H groups in total. The van der Waals surface area contributed by atoms with Gasteiger partial charge in [-0.1, -0.05) is 31.6 Å². The first kappa shape index (κ1) is 10.5. The molecule has 0 aromatic carbocycles. The number of hydrogen-bond donors (Lipinski definition) is 0. The van der Waals surface area contributed by atoms with Gasteiger partial charge in [0.15, 0.2) is 0 Å². The summed E-state index contributed by atoms with van der Waals surface area (Å²) in [7, 11) is 0. The van der Waals surface area contributed by atoms with Gasteiger partial charge in [-0.05, 0) is 49.3 Å². The van der Waals surface area contributed by atoms with Crippen molar-refractivity contribution >= 4 is 0 Å². The van der Waals surface area contributed by atoms with Gasteiger partial charge in [0.1, 0.15) is 0 Å². The molecule has 0 heteroatoms. The smallest absolute Gasteiger partial charge is 0.00930 e. The van der Waals surface area contributed by atoms with E-state index in [4.69, 9.17) is 0 Å². The van der Waals surface area contributed by atoms with E-state index in [1.165, 1.54) is 44.9 Å². The number of hydrogen-bond acceptors (Lipinski definition) is 0. The Balaban J connectivity index is 2.24. The molecule has 0 aliphatic heterocycles. The minimum absolute atomic E-state index is 0.592. The van der Waals surface area contributed by atoms with Crippen LogP contribution in [0.2, 0.25) is 0 Å². The molecule has 0 bridgehead atoms. The molecule has 2 rings (SSSR count). The molecular formula is C15H20. The zero-order valence-corrected chi connectivity index (χ0v) is 9.47. The number of fused-ring (bicyclic) bond motifs is 1. The van der Waals surface area contributed by atoms with Crippen molar-refractivity contribution in [1.29, 1.82) is 0 Å². The average Bonchev–Trinajstić information content (AvgIpc) is 2.24. The third-order valence-corrected chi connectivity index (χ3v) is 3.47. The van der Waals surface area contributed by atoms with E-state index in [9.17, 15) is 0 Å². The van der Waals surface area contributed by atoms with Crippen LogP contribution in [0.15, 0.2) is 41.7 Å². The normalized spacial score (nSPS) is 26.3. The highest BCUT2D eigenvalue weighted by Crippen LogP contribution is 2.35. The van der Waals surface area contributed by atoms with Crippen molar-refractivity contribution < 1.29 is 0 Å². The molecule has 0 radical (unpaired) electrons. The van der Waals surface area contributed by atoms with Crippen LogP contribution in [-0.4, -0.2) is 0 Å². The minimum Gasteiger partial charge on any atom is -0.132 e. The molecule has 0 heterocycles. The van der Waals surface area contributed by atoms with Gasteiger partial charge in [-0.15, -0.1) is 5.73 Å². The monoisotopic (exact) mass is 200 g/mol. The van der Waals surface area contributed by atoms with E-state index in [2.05, 4.69) is 30.5 Å². The lowest BCUT2D eigenvalue weighted by molar-refractivity contribution is 0.549. The van der Waals surface area contributed by atoms with Crippen LogP contribution >= 0.6 is 0 Å². The van der Waals surface area contributed by atoms with E-state index in [0.717, 1.165) is 0 Å². The van der Waals surface area contributed by atoms with E-state index in [0.29, 0.717) is 5.92 Å². The summed E-state index contributed by atoms with van der Waals surface area (Å²) in [6.07, 6.45) is 16.2. The van der Waals surface area contributed by atoms with E-state index in [1.54, 1.807) is 11.1 Å². The quantitative estimate of drug-likeness (QED) is 0.544.